The van der Waals surface area contributed by atoms with Crippen molar-refractivity contribution in [3.63, 3.8) is 0 Å². The van der Waals surface area contributed by atoms with E-state index in [9.17, 15) is 5.11 Å². The molecule has 2 atom stereocenters. The Kier molecular flexibility index (Phi) is 3.61. The van der Waals surface area contributed by atoms with Crippen molar-refractivity contribution in [3.8, 4) is 0 Å². The van der Waals surface area contributed by atoms with Crippen molar-refractivity contribution in [1.29, 1.82) is 0 Å². The Bertz CT molecular complexity index is 359. The Hall–Kier alpha value is -0.870. The fourth-order valence-corrected chi connectivity index (χ4v) is 2.44. The summed E-state index contributed by atoms with van der Waals surface area (Å²) >= 11 is 6.03. The zero-order valence-corrected chi connectivity index (χ0v) is 10.1. The van der Waals surface area contributed by atoms with Gasteiger partial charge in [-0.3, -0.25) is 0 Å². The molecule has 16 heavy (non-hydrogen) atoms. The number of aromatic nitrogens is 2. The maximum Gasteiger partial charge on any atom is 0.171 e. The van der Waals surface area contributed by atoms with Crippen LogP contribution in [0.5, 0.6) is 0 Å². The lowest BCUT2D eigenvalue weighted by atomic mass is 9.98. The number of piperidine rings is 1. The van der Waals surface area contributed by atoms with E-state index in [1.165, 1.54) is 0 Å². The Morgan fingerprint density at radius 1 is 1.44 bits per heavy atom. The average molecular weight is 242 g/mol. The lowest BCUT2D eigenvalue weighted by Gasteiger charge is -2.38. The van der Waals surface area contributed by atoms with E-state index >= 15 is 0 Å². The van der Waals surface area contributed by atoms with E-state index in [-0.39, 0.29) is 12.1 Å². The molecule has 0 saturated carbocycles. The van der Waals surface area contributed by atoms with E-state index in [0.29, 0.717) is 11.0 Å². The van der Waals surface area contributed by atoms with Crippen molar-refractivity contribution in [1.82, 2.24) is 9.97 Å². The van der Waals surface area contributed by atoms with E-state index in [1.54, 1.807) is 12.4 Å². The van der Waals surface area contributed by atoms with Gasteiger partial charge in [-0.2, -0.15) is 0 Å². The third kappa shape index (κ3) is 2.28. The molecule has 0 aromatic carbocycles. The highest BCUT2D eigenvalue weighted by Gasteiger charge is 2.28. The SMILES string of the molecule is CC(O)C1CCCCN1c1nccnc1Cl. The number of rotatable bonds is 2. The number of anilines is 1. The summed E-state index contributed by atoms with van der Waals surface area (Å²) < 4.78 is 0. The molecule has 88 valence electrons. The standard InChI is InChI=1S/C11H16ClN3O/c1-8(16)9-4-2-3-7-15(9)11-10(12)13-5-6-14-11/h5-6,8-9,16H,2-4,7H2,1H3. The topological polar surface area (TPSA) is 49.2 Å². The molecule has 4 nitrogen and oxygen atoms in total. The third-order valence-electron chi connectivity index (χ3n) is 3.01. The van der Waals surface area contributed by atoms with E-state index in [2.05, 4.69) is 14.9 Å². The van der Waals surface area contributed by atoms with Crippen LogP contribution in [0.4, 0.5) is 5.82 Å². The van der Waals surface area contributed by atoms with Crippen molar-refractivity contribution in [3.05, 3.63) is 17.5 Å². The first-order chi connectivity index (χ1) is 7.70. The summed E-state index contributed by atoms with van der Waals surface area (Å²) in [6, 6.07) is 0.1000. The van der Waals surface area contributed by atoms with Gasteiger partial charge in [-0.25, -0.2) is 9.97 Å². The number of nitrogens with zero attached hydrogens (tertiary/aromatic N) is 3. The third-order valence-corrected chi connectivity index (χ3v) is 3.28. The molecule has 1 aromatic rings. The minimum Gasteiger partial charge on any atom is -0.391 e. The number of aliphatic hydroxyl groups excluding tert-OH is 1. The number of hydrogen-bond donors (Lipinski definition) is 1. The minimum absolute atomic E-state index is 0.1000. The van der Waals surface area contributed by atoms with E-state index in [0.717, 1.165) is 25.8 Å². The van der Waals surface area contributed by atoms with Crippen molar-refractivity contribution in [2.75, 3.05) is 11.4 Å². The minimum atomic E-state index is -0.377. The van der Waals surface area contributed by atoms with Gasteiger partial charge in [0.2, 0.25) is 0 Å². The van der Waals surface area contributed by atoms with Gasteiger partial charge in [0.1, 0.15) is 0 Å². The molecule has 2 unspecified atom stereocenters. The van der Waals surface area contributed by atoms with Crippen molar-refractivity contribution < 1.29 is 5.11 Å². The number of aliphatic hydroxyl groups is 1. The molecule has 2 rings (SSSR count). The number of hydrogen-bond acceptors (Lipinski definition) is 4. The molecular weight excluding hydrogens is 226 g/mol. The summed E-state index contributed by atoms with van der Waals surface area (Å²) in [6.07, 6.45) is 6.06. The second kappa shape index (κ2) is 4.97. The lowest BCUT2D eigenvalue weighted by molar-refractivity contribution is 0.145. The summed E-state index contributed by atoms with van der Waals surface area (Å²) in [4.78, 5) is 10.4. The summed E-state index contributed by atoms with van der Waals surface area (Å²) in [5.74, 6) is 0.690. The Morgan fingerprint density at radius 3 is 2.88 bits per heavy atom. The first kappa shape index (κ1) is 11.6. The van der Waals surface area contributed by atoms with Gasteiger partial charge in [-0.05, 0) is 26.2 Å². The molecule has 1 N–H and O–H groups in total. The van der Waals surface area contributed by atoms with E-state index < -0.39 is 0 Å². The van der Waals surface area contributed by atoms with Crippen LogP contribution in [0.3, 0.4) is 0 Å². The van der Waals surface area contributed by atoms with Crippen LogP contribution in [0.25, 0.3) is 0 Å². The first-order valence-electron chi connectivity index (χ1n) is 5.61. The normalized spacial score (nSPS) is 23.2. The Labute approximate surface area is 100 Å². The molecule has 0 amide bonds. The van der Waals surface area contributed by atoms with E-state index in [4.69, 9.17) is 11.6 Å². The van der Waals surface area contributed by atoms with Gasteiger partial charge in [0.25, 0.3) is 0 Å². The van der Waals surface area contributed by atoms with Gasteiger partial charge in [-0.15, -0.1) is 0 Å². The van der Waals surface area contributed by atoms with Crippen LogP contribution in [0, 0.1) is 0 Å². The number of halogens is 1. The molecule has 2 heterocycles. The fraction of sp³-hybridized carbons (Fsp3) is 0.636. The second-order valence-corrected chi connectivity index (χ2v) is 4.53. The predicted octanol–water partition coefficient (Wildman–Crippen LogP) is 1.87. The zero-order chi connectivity index (χ0) is 11.5. The maximum atomic E-state index is 9.77. The highest BCUT2D eigenvalue weighted by molar-refractivity contribution is 6.31. The molecule has 1 saturated heterocycles. The highest BCUT2D eigenvalue weighted by atomic mass is 35.5. The van der Waals surface area contributed by atoms with Crippen LogP contribution in [-0.2, 0) is 0 Å². The molecule has 1 aliphatic heterocycles. The maximum absolute atomic E-state index is 9.77. The summed E-state index contributed by atoms with van der Waals surface area (Å²) in [6.45, 7) is 2.70. The second-order valence-electron chi connectivity index (χ2n) is 4.17. The largest absolute Gasteiger partial charge is 0.391 e. The van der Waals surface area contributed by atoms with Gasteiger partial charge >= 0.3 is 0 Å². The summed E-state index contributed by atoms with van der Waals surface area (Å²) in [5, 5.41) is 10.2. The molecule has 1 fully saturated rings. The monoisotopic (exact) mass is 241 g/mol. The molecule has 0 radical (unpaired) electrons. The summed E-state index contributed by atoms with van der Waals surface area (Å²) in [7, 11) is 0. The van der Waals surface area contributed by atoms with Crippen LogP contribution in [0.1, 0.15) is 26.2 Å². The van der Waals surface area contributed by atoms with Gasteiger partial charge in [0.15, 0.2) is 11.0 Å². The Morgan fingerprint density at radius 2 is 2.19 bits per heavy atom. The van der Waals surface area contributed by atoms with Gasteiger partial charge in [-0.1, -0.05) is 11.6 Å². The van der Waals surface area contributed by atoms with Crippen molar-refractivity contribution in [2.24, 2.45) is 0 Å². The highest BCUT2D eigenvalue weighted by Crippen LogP contribution is 2.28. The first-order valence-corrected chi connectivity index (χ1v) is 5.99. The molecule has 1 aromatic heterocycles. The van der Waals surface area contributed by atoms with Crippen LogP contribution in [0.15, 0.2) is 12.4 Å². The molecular formula is C11H16ClN3O. The Balaban J connectivity index is 2.27. The van der Waals surface area contributed by atoms with Crippen LogP contribution in [-0.4, -0.2) is 33.8 Å². The molecule has 5 heteroatoms. The van der Waals surface area contributed by atoms with Crippen molar-refractivity contribution >= 4 is 17.4 Å². The lowest BCUT2D eigenvalue weighted by Crippen LogP contribution is -2.46. The van der Waals surface area contributed by atoms with Gasteiger partial charge in [0, 0.05) is 18.9 Å². The summed E-state index contributed by atoms with van der Waals surface area (Å²) in [5.41, 5.74) is 0. The van der Waals surface area contributed by atoms with Crippen LogP contribution in [0.2, 0.25) is 5.15 Å². The zero-order valence-electron chi connectivity index (χ0n) is 9.30. The van der Waals surface area contributed by atoms with Crippen LogP contribution >= 0.6 is 11.6 Å². The van der Waals surface area contributed by atoms with Gasteiger partial charge < -0.3 is 10.0 Å². The smallest absolute Gasteiger partial charge is 0.171 e. The molecule has 1 aliphatic rings. The molecule has 0 spiro atoms. The fourth-order valence-electron chi connectivity index (χ4n) is 2.23. The average Bonchev–Trinajstić information content (AvgIpc) is 2.29. The van der Waals surface area contributed by atoms with E-state index in [1.807, 2.05) is 6.92 Å². The quantitative estimate of drug-likeness (QED) is 0.859. The van der Waals surface area contributed by atoms with Crippen molar-refractivity contribution in [2.45, 2.75) is 38.3 Å². The molecule has 0 bridgehead atoms. The van der Waals surface area contributed by atoms with Gasteiger partial charge in [0.05, 0.1) is 12.1 Å². The molecule has 0 aliphatic carbocycles. The van der Waals surface area contributed by atoms with Crippen LogP contribution < -0.4 is 4.90 Å². The predicted molar refractivity (Wildman–Crippen MR) is 63.7 cm³/mol.